The van der Waals surface area contributed by atoms with Crippen molar-refractivity contribution < 1.29 is 4.48 Å². The van der Waals surface area contributed by atoms with Crippen molar-refractivity contribution in [3.63, 3.8) is 0 Å². The minimum Gasteiger partial charge on any atom is -0.312 e. The van der Waals surface area contributed by atoms with Gasteiger partial charge < -0.3 is 4.48 Å². The van der Waals surface area contributed by atoms with Gasteiger partial charge in [-0.1, -0.05) is 199 Å². The van der Waals surface area contributed by atoms with Gasteiger partial charge in [0, 0.05) is 16.7 Å². The SMILES string of the molecule is CCCCCCCCCCCCCCCC[N+](C)(C)C(c1ccccc1)(c1ccccc1)c1ccccc1-c1ccccc1. The van der Waals surface area contributed by atoms with Gasteiger partial charge in [-0.15, -0.1) is 0 Å². The molecule has 4 rings (SSSR count). The van der Waals surface area contributed by atoms with Gasteiger partial charge in [-0.25, -0.2) is 0 Å². The average molecular weight is 589 g/mol. The first-order valence-electron chi connectivity index (χ1n) is 17.7. The summed E-state index contributed by atoms with van der Waals surface area (Å²) in [6.07, 6.45) is 19.5. The molecule has 0 spiro atoms. The molecule has 0 bridgehead atoms. The molecule has 0 fully saturated rings. The van der Waals surface area contributed by atoms with Crippen LogP contribution < -0.4 is 0 Å². The Hall–Kier alpha value is -3.16. The van der Waals surface area contributed by atoms with E-state index >= 15 is 0 Å². The zero-order chi connectivity index (χ0) is 30.9. The quantitative estimate of drug-likeness (QED) is 0.0547. The first-order valence-corrected chi connectivity index (χ1v) is 17.7. The molecule has 0 aliphatic heterocycles. The Kier molecular flexibility index (Phi) is 13.8. The van der Waals surface area contributed by atoms with Gasteiger partial charge in [0.15, 0.2) is 5.54 Å². The highest BCUT2D eigenvalue weighted by atomic mass is 15.4. The molecule has 0 N–H and O–H groups in total. The summed E-state index contributed by atoms with van der Waals surface area (Å²) in [6, 6.07) is 42.6. The molecule has 0 unspecified atom stereocenters. The van der Waals surface area contributed by atoms with Crippen LogP contribution in [0.4, 0.5) is 0 Å². The lowest BCUT2D eigenvalue weighted by molar-refractivity contribution is -0.936. The van der Waals surface area contributed by atoms with Crippen molar-refractivity contribution in [2.75, 3.05) is 20.6 Å². The standard InChI is InChI=1S/C43H58N/c1-4-5-6-7-8-9-10-11-12-13-14-15-16-28-37-44(2,3)43(39-31-22-18-23-32-39,40-33-24-19-25-34-40)42-36-27-26-35-41(42)38-29-20-17-21-30-38/h17-27,29-36H,4-16,28,37H2,1-3H3/q+1. The molecule has 4 aromatic carbocycles. The third-order valence-corrected chi connectivity index (χ3v) is 9.76. The first-order chi connectivity index (χ1) is 21.6. The van der Waals surface area contributed by atoms with Crippen LogP contribution in [0.1, 0.15) is 114 Å². The van der Waals surface area contributed by atoms with Crippen molar-refractivity contribution in [1.82, 2.24) is 0 Å². The van der Waals surface area contributed by atoms with Crippen molar-refractivity contribution in [3.8, 4) is 11.1 Å². The van der Waals surface area contributed by atoms with E-state index in [1.54, 1.807) is 0 Å². The number of quaternary nitrogens is 1. The number of rotatable bonds is 20. The van der Waals surface area contributed by atoms with Crippen molar-refractivity contribution in [1.29, 1.82) is 0 Å². The molecule has 4 aromatic rings. The number of hydrogen-bond donors (Lipinski definition) is 0. The molecule has 0 aliphatic carbocycles. The highest BCUT2D eigenvalue weighted by Crippen LogP contribution is 2.48. The first kappa shape index (κ1) is 33.7. The van der Waals surface area contributed by atoms with Crippen LogP contribution >= 0.6 is 0 Å². The van der Waals surface area contributed by atoms with Gasteiger partial charge in [0.2, 0.25) is 0 Å². The molecular weight excluding hydrogens is 530 g/mol. The fraction of sp³-hybridized carbons (Fsp3) is 0.442. The minimum absolute atomic E-state index is 0.356. The third kappa shape index (κ3) is 8.72. The van der Waals surface area contributed by atoms with Gasteiger partial charge in [0.1, 0.15) is 0 Å². The molecule has 234 valence electrons. The fourth-order valence-corrected chi connectivity index (χ4v) is 7.40. The Morgan fingerprint density at radius 2 is 0.818 bits per heavy atom. The number of benzene rings is 4. The normalized spacial score (nSPS) is 12.0. The van der Waals surface area contributed by atoms with E-state index in [0.717, 1.165) is 11.0 Å². The second-order valence-corrected chi connectivity index (χ2v) is 13.4. The molecule has 0 atom stereocenters. The maximum absolute atomic E-state index is 2.46. The molecular formula is C43H58N+. The van der Waals surface area contributed by atoms with Gasteiger partial charge in [0.25, 0.3) is 0 Å². The third-order valence-electron chi connectivity index (χ3n) is 9.76. The van der Waals surface area contributed by atoms with Crippen molar-refractivity contribution in [2.45, 2.75) is 102 Å². The second-order valence-electron chi connectivity index (χ2n) is 13.4. The number of nitrogens with zero attached hydrogens (tertiary/aromatic N) is 1. The van der Waals surface area contributed by atoms with E-state index in [4.69, 9.17) is 0 Å². The van der Waals surface area contributed by atoms with E-state index in [0.29, 0.717) is 0 Å². The van der Waals surface area contributed by atoms with Gasteiger partial charge in [-0.3, -0.25) is 0 Å². The highest BCUT2D eigenvalue weighted by Gasteiger charge is 2.51. The second kappa shape index (κ2) is 18.0. The van der Waals surface area contributed by atoms with Crippen molar-refractivity contribution >= 4 is 0 Å². The van der Waals surface area contributed by atoms with Crippen LogP contribution in [0.5, 0.6) is 0 Å². The van der Waals surface area contributed by atoms with Gasteiger partial charge in [-0.2, -0.15) is 0 Å². The fourth-order valence-electron chi connectivity index (χ4n) is 7.40. The summed E-state index contributed by atoms with van der Waals surface area (Å²) in [5.41, 5.74) is 6.31. The Morgan fingerprint density at radius 1 is 0.432 bits per heavy atom. The minimum atomic E-state index is -0.356. The van der Waals surface area contributed by atoms with E-state index in [9.17, 15) is 0 Å². The lowest BCUT2D eigenvalue weighted by Gasteiger charge is -2.50. The van der Waals surface area contributed by atoms with Crippen LogP contribution in [-0.2, 0) is 5.54 Å². The van der Waals surface area contributed by atoms with Gasteiger partial charge in [-0.05, 0) is 24.0 Å². The summed E-state index contributed by atoms with van der Waals surface area (Å²) in [5, 5.41) is 0. The van der Waals surface area contributed by atoms with Crippen LogP contribution in [0.15, 0.2) is 115 Å². The summed E-state index contributed by atoms with van der Waals surface area (Å²) >= 11 is 0. The largest absolute Gasteiger partial charge is 0.312 e. The molecule has 0 aromatic heterocycles. The Labute approximate surface area is 270 Å². The number of unbranched alkanes of at least 4 members (excludes halogenated alkanes) is 13. The van der Waals surface area contributed by atoms with E-state index < -0.39 is 0 Å². The number of hydrogen-bond acceptors (Lipinski definition) is 0. The summed E-state index contributed by atoms with van der Waals surface area (Å²) in [6.45, 7) is 3.42. The maximum atomic E-state index is 2.46. The summed E-state index contributed by atoms with van der Waals surface area (Å²) in [5.74, 6) is 0. The summed E-state index contributed by atoms with van der Waals surface area (Å²) in [7, 11) is 4.92. The van der Waals surface area contributed by atoms with Crippen LogP contribution in [-0.4, -0.2) is 25.1 Å². The topological polar surface area (TPSA) is 0 Å². The average Bonchev–Trinajstić information content (AvgIpc) is 3.07. The molecule has 0 saturated carbocycles. The van der Waals surface area contributed by atoms with Gasteiger partial charge in [0.05, 0.1) is 20.6 Å². The molecule has 1 heteroatoms. The Bertz CT molecular complexity index is 1270. The molecule has 0 aliphatic rings. The molecule has 0 saturated heterocycles. The Morgan fingerprint density at radius 3 is 1.30 bits per heavy atom. The highest BCUT2D eigenvalue weighted by molar-refractivity contribution is 5.71. The molecule has 1 nitrogen and oxygen atoms in total. The predicted octanol–water partition coefficient (Wildman–Crippen LogP) is 12.2. The van der Waals surface area contributed by atoms with Crippen molar-refractivity contribution in [2.24, 2.45) is 0 Å². The lowest BCUT2D eigenvalue weighted by atomic mass is 9.71. The van der Waals surface area contributed by atoms with Crippen LogP contribution in [0, 0.1) is 0 Å². The monoisotopic (exact) mass is 588 g/mol. The summed E-state index contributed by atoms with van der Waals surface area (Å²) < 4.78 is 0.864. The van der Waals surface area contributed by atoms with Crippen LogP contribution in [0.3, 0.4) is 0 Å². The molecule has 0 radical (unpaired) electrons. The zero-order valence-electron chi connectivity index (χ0n) is 28.0. The van der Waals surface area contributed by atoms with E-state index in [1.807, 2.05) is 0 Å². The smallest absolute Gasteiger partial charge is 0.176 e. The zero-order valence-corrected chi connectivity index (χ0v) is 28.0. The molecule has 44 heavy (non-hydrogen) atoms. The van der Waals surface area contributed by atoms with E-state index in [1.165, 1.54) is 118 Å². The van der Waals surface area contributed by atoms with E-state index in [-0.39, 0.29) is 5.54 Å². The van der Waals surface area contributed by atoms with Gasteiger partial charge >= 0.3 is 0 Å². The van der Waals surface area contributed by atoms with Crippen molar-refractivity contribution in [3.05, 3.63) is 132 Å². The predicted molar refractivity (Wildman–Crippen MR) is 192 cm³/mol. The van der Waals surface area contributed by atoms with Crippen LogP contribution in [0.25, 0.3) is 11.1 Å². The van der Waals surface area contributed by atoms with Crippen LogP contribution in [0.2, 0.25) is 0 Å². The maximum Gasteiger partial charge on any atom is 0.176 e. The molecule has 0 heterocycles. The van der Waals surface area contributed by atoms with E-state index in [2.05, 4.69) is 136 Å². The Balaban J connectivity index is 1.49. The summed E-state index contributed by atoms with van der Waals surface area (Å²) in [4.78, 5) is 0. The molecule has 0 amide bonds. The lowest BCUT2D eigenvalue weighted by Crippen LogP contribution is -2.59.